The van der Waals surface area contributed by atoms with Crippen LogP contribution in [0.1, 0.15) is 11.1 Å². The molecular formula is C20H16Cl2N2O2S. The van der Waals surface area contributed by atoms with E-state index in [2.05, 4.69) is 9.71 Å². The van der Waals surface area contributed by atoms with E-state index in [-0.39, 0.29) is 10.7 Å². The van der Waals surface area contributed by atoms with Gasteiger partial charge in [-0.25, -0.2) is 8.42 Å². The summed E-state index contributed by atoms with van der Waals surface area (Å²) in [6, 6.07) is 22.3. The summed E-state index contributed by atoms with van der Waals surface area (Å²) < 4.78 is 28.1. The average molecular weight is 419 g/mol. The molecule has 0 fully saturated rings. The van der Waals surface area contributed by atoms with Crippen molar-refractivity contribution in [2.75, 3.05) is 0 Å². The minimum atomic E-state index is -3.81. The van der Waals surface area contributed by atoms with Crippen molar-refractivity contribution in [3.8, 4) is 0 Å². The molecule has 7 heteroatoms. The van der Waals surface area contributed by atoms with Crippen molar-refractivity contribution < 1.29 is 8.42 Å². The maximum atomic E-state index is 12.7. The van der Waals surface area contributed by atoms with Crippen LogP contribution >= 0.6 is 23.2 Å². The van der Waals surface area contributed by atoms with Crippen LogP contribution in [0, 0.1) is 0 Å². The van der Waals surface area contributed by atoms with Crippen molar-refractivity contribution in [2.45, 2.75) is 11.4 Å². The smallest absolute Gasteiger partial charge is 0.263 e. The van der Waals surface area contributed by atoms with Gasteiger partial charge in [0.25, 0.3) is 10.0 Å². The Labute approximate surface area is 168 Å². The summed E-state index contributed by atoms with van der Waals surface area (Å²) in [4.78, 5) is 4.58. The highest BCUT2D eigenvalue weighted by molar-refractivity contribution is 7.90. The maximum Gasteiger partial charge on any atom is 0.263 e. The summed E-state index contributed by atoms with van der Waals surface area (Å²) in [6.45, 7) is 0.335. The Morgan fingerprint density at radius 2 is 1.37 bits per heavy atom. The van der Waals surface area contributed by atoms with Crippen LogP contribution in [0.2, 0.25) is 10.0 Å². The Hall–Kier alpha value is -2.34. The third-order valence-electron chi connectivity index (χ3n) is 3.74. The fourth-order valence-electron chi connectivity index (χ4n) is 2.34. The predicted molar refractivity (Wildman–Crippen MR) is 110 cm³/mol. The van der Waals surface area contributed by atoms with E-state index in [1.165, 1.54) is 24.3 Å². The van der Waals surface area contributed by atoms with Gasteiger partial charge < -0.3 is 0 Å². The lowest BCUT2D eigenvalue weighted by Gasteiger charge is -2.12. The number of sulfonamides is 1. The lowest BCUT2D eigenvalue weighted by molar-refractivity contribution is 0.592. The first kappa shape index (κ1) is 19.4. The Balaban J connectivity index is 1.93. The number of halogens is 2. The van der Waals surface area contributed by atoms with Crippen molar-refractivity contribution in [3.63, 3.8) is 0 Å². The van der Waals surface area contributed by atoms with Crippen LogP contribution in [-0.2, 0) is 16.6 Å². The summed E-state index contributed by atoms with van der Waals surface area (Å²) in [5, 5.41) is 1.02. The Kier molecular flexibility index (Phi) is 6.16. The highest BCUT2D eigenvalue weighted by Crippen LogP contribution is 2.16. The molecule has 0 unspecified atom stereocenters. The second-order valence-electron chi connectivity index (χ2n) is 5.72. The molecular weight excluding hydrogens is 403 g/mol. The maximum absolute atomic E-state index is 12.7. The van der Waals surface area contributed by atoms with E-state index in [0.717, 1.165) is 5.56 Å². The van der Waals surface area contributed by atoms with Gasteiger partial charge in [0.1, 0.15) is 5.84 Å². The van der Waals surface area contributed by atoms with Crippen LogP contribution in [0.4, 0.5) is 0 Å². The minimum Gasteiger partial charge on any atom is -0.263 e. The molecule has 0 aliphatic carbocycles. The molecule has 0 bridgehead atoms. The van der Waals surface area contributed by atoms with Crippen molar-refractivity contribution >= 4 is 39.1 Å². The van der Waals surface area contributed by atoms with Gasteiger partial charge in [-0.3, -0.25) is 9.71 Å². The first-order valence-corrected chi connectivity index (χ1v) is 10.3. The molecule has 3 rings (SSSR count). The number of hydrogen-bond donors (Lipinski definition) is 1. The first-order valence-electron chi connectivity index (χ1n) is 8.07. The molecule has 1 N–H and O–H groups in total. The fourth-order valence-corrected chi connectivity index (χ4v) is 3.65. The summed E-state index contributed by atoms with van der Waals surface area (Å²) in [5.41, 5.74) is 1.59. The molecule has 0 radical (unpaired) electrons. The number of hydrogen-bond acceptors (Lipinski definition) is 3. The van der Waals surface area contributed by atoms with Gasteiger partial charge in [-0.1, -0.05) is 53.5 Å². The molecule has 0 saturated carbocycles. The number of rotatable bonds is 5. The Bertz CT molecular complexity index is 1030. The zero-order valence-corrected chi connectivity index (χ0v) is 16.5. The summed E-state index contributed by atoms with van der Waals surface area (Å²) in [6.07, 6.45) is 0. The molecule has 0 aliphatic heterocycles. The third-order valence-corrected chi connectivity index (χ3v) is 5.59. The van der Waals surface area contributed by atoms with E-state index in [1.807, 2.05) is 30.3 Å². The number of nitrogens with one attached hydrogen (secondary N) is 1. The molecule has 0 spiro atoms. The lowest BCUT2D eigenvalue weighted by atomic mass is 10.2. The summed E-state index contributed by atoms with van der Waals surface area (Å²) in [5.74, 6) is 0.241. The van der Waals surface area contributed by atoms with E-state index in [4.69, 9.17) is 23.2 Å². The number of aliphatic imine (C=N–C) groups is 1. The van der Waals surface area contributed by atoms with Gasteiger partial charge >= 0.3 is 0 Å². The lowest BCUT2D eigenvalue weighted by Crippen LogP contribution is -2.31. The van der Waals surface area contributed by atoms with Gasteiger partial charge in [0.15, 0.2) is 0 Å². The molecule has 0 amide bonds. The molecule has 3 aromatic rings. The van der Waals surface area contributed by atoms with Gasteiger partial charge in [0.2, 0.25) is 0 Å². The van der Waals surface area contributed by atoms with Gasteiger partial charge in [-0.05, 0) is 54.1 Å². The normalized spacial score (nSPS) is 12.0. The molecule has 4 nitrogen and oxygen atoms in total. The van der Waals surface area contributed by atoms with Crippen LogP contribution < -0.4 is 4.72 Å². The highest BCUT2D eigenvalue weighted by Gasteiger charge is 2.17. The minimum absolute atomic E-state index is 0.105. The second-order valence-corrected chi connectivity index (χ2v) is 8.27. The zero-order chi connectivity index (χ0) is 19.3. The highest BCUT2D eigenvalue weighted by atomic mass is 35.5. The van der Waals surface area contributed by atoms with Crippen LogP contribution in [-0.4, -0.2) is 14.3 Å². The third kappa shape index (κ3) is 5.32. The van der Waals surface area contributed by atoms with Gasteiger partial charge in [-0.2, -0.15) is 0 Å². The number of nitrogens with zero attached hydrogens (tertiary/aromatic N) is 1. The first-order chi connectivity index (χ1) is 12.9. The van der Waals surface area contributed by atoms with Gasteiger partial charge in [0.05, 0.1) is 11.4 Å². The van der Waals surface area contributed by atoms with E-state index in [0.29, 0.717) is 22.2 Å². The molecule has 3 aromatic carbocycles. The molecule has 0 atom stereocenters. The monoisotopic (exact) mass is 418 g/mol. The Morgan fingerprint density at radius 1 is 0.815 bits per heavy atom. The predicted octanol–water partition coefficient (Wildman–Crippen LogP) is 4.92. The standard InChI is InChI=1S/C20H16Cl2N2O2S/c21-17-8-6-16(7-9-17)20(23-14-15-4-2-1-3-5-15)24-27(25,26)19-12-10-18(22)11-13-19/h1-13H,14H2,(H,23,24). The second kappa shape index (κ2) is 8.57. The number of benzene rings is 3. The molecule has 27 heavy (non-hydrogen) atoms. The Morgan fingerprint density at radius 3 is 1.96 bits per heavy atom. The summed E-state index contributed by atoms with van der Waals surface area (Å²) in [7, 11) is -3.81. The van der Waals surface area contributed by atoms with Gasteiger partial charge in [-0.15, -0.1) is 0 Å². The van der Waals surface area contributed by atoms with Crippen molar-refractivity contribution in [1.29, 1.82) is 0 Å². The van der Waals surface area contributed by atoms with Crippen LogP contribution in [0.5, 0.6) is 0 Å². The van der Waals surface area contributed by atoms with E-state index in [9.17, 15) is 8.42 Å². The average Bonchev–Trinajstić information content (AvgIpc) is 2.67. The fraction of sp³-hybridized carbons (Fsp3) is 0.0500. The van der Waals surface area contributed by atoms with Crippen molar-refractivity contribution in [2.24, 2.45) is 4.99 Å². The molecule has 0 saturated heterocycles. The molecule has 0 heterocycles. The summed E-state index contributed by atoms with van der Waals surface area (Å²) >= 11 is 11.8. The SMILES string of the molecule is O=S(=O)(NC(=NCc1ccccc1)c1ccc(Cl)cc1)c1ccc(Cl)cc1. The van der Waals surface area contributed by atoms with E-state index >= 15 is 0 Å². The van der Waals surface area contributed by atoms with Gasteiger partial charge in [0, 0.05) is 15.6 Å². The van der Waals surface area contributed by atoms with E-state index < -0.39 is 10.0 Å². The van der Waals surface area contributed by atoms with Crippen LogP contribution in [0.25, 0.3) is 0 Å². The van der Waals surface area contributed by atoms with Crippen molar-refractivity contribution in [3.05, 3.63) is 100 Å². The van der Waals surface area contributed by atoms with E-state index in [1.54, 1.807) is 24.3 Å². The molecule has 0 aliphatic rings. The van der Waals surface area contributed by atoms with Crippen LogP contribution in [0.3, 0.4) is 0 Å². The quantitative estimate of drug-likeness (QED) is 0.472. The zero-order valence-electron chi connectivity index (χ0n) is 14.1. The molecule has 138 valence electrons. The topological polar surface area (TPSA) is 58.5 Å². The van der Waals surface area contributed by atoms with Crippen molar-refractivity contribution in [1.82, 2.24) is 4.72 Å². The number of amidine groups is 1. The molecule has 0 aromatic heterocycles. The van der Waals surface area contributed by atoms with Crippen LogP contribution in [0.15, 0.2) is 88.8 Å². The largest absolute Gasteiger partial charge is 0.263 e.